The van der Waals surface area contributed by atoms with Crippen LogP contribution in [0.3, 0.4) is 0 Å². The van der Waals surface area contributed by atoms with Crippen molar-refractivity contribution in [1.29, 1.82) is 0 Å². The molecule has 2 aliphatic rings. The molecule has 0 radical (unpaired) electrons. The summed E-state index contributed by atoms with van der Waals surface area (Å²) in [6.07, 6.45) is 1.26. The SMILES string of the molecule is [2H]C[C@@]12CS[C@@H]([C@H](n3cc(C)c(NC(=O)c4ccccc4)nc3=O)O1)[C@@H]2C. The van der Waals surface area contributed by atoms with Gasteiger partial charge in [-0.15, -0.1) is 0 Å². The molecular formula is C19H21N3O3S. The third-order valence-electron chi connectivity index (χ3n) is 5.16. The summed E-state index contributed by atoms with van der Waals surface area (Å²) in [4.78, 5) is 29.1. The quantitative estimate of drug-likeness (QED) is 0.897. The Bertz CT molecular complexity index is 936. The van der Waals surface area contributed by atoms with E-state index in [0.29, 0.717) is 11.1 Å². The number of anilines is 1. The lowest BCUT2D eigenvalue weighted by Crippen LogP contribution is -2.36. The number of nitrogens with one attached hydrogen (secondary N) is 1. The molecule has 136 valence electrons. The van der Waals surface area contributed by atoms with E-state index in [1.807, 2.05) is 6.07 Å². The van der Waals surface area contributed by atoms with Gasteiger partial charge < -0.3 is 10.1 Å². The Hall–Kier alpha value is -2.12. The number of hydrogen-bond acceptors (Lipinski definition) is 5. The first-order chi connectivity index (χ1) is 12.9. The molecule has 2 aliphatic heterocycles. The topological polar surface area (TPSA) is 73.2 Å². The molecule has 2 bridgehead atoms. The summed E-state index contributed by atoms with van der Waals surface area (Å²) < 4.78 is 15.5. The molecule has 0 aliphatic carbocycles. The summed E-state index contributed by atoms with van der Waals surface area (Å²) >= 11 is 1.75. The summed E-state index contributed by atoms with van der Waals surface area (Å²) in [7, 11) is 0. The van der Waals surface area contributed by atoms with Gasteiger partial charge in [-0.1, -0.05) is 25.1 Å². The smallest absolute Gasteiger partial charge is 0.349 e. The number of aromatic nitrogens is 2. The number of ether oxygens (including phenoxy) is 1. The number of thioether (sulfide) groups is 1. The van der Waals surface area contributed by atoms with Crippen molar-refractivity contribution in [3.63, 3.8) is 0 Å². The minimum absolute atomic E-state index is 0.124. The Morgan fingerprint density at radius 1 is 1.46 bits per heavy atom. The highest BCUT2D eigenvalue weighted by Gasteiger charge is 2.56. The van der Waals surface area contributed by atoms with Crippen LogP contribution in [0.5, 0.6) is 0 Å². The molecule has 26 heavy (non-hydrogen) atoms. The van der Waals surface area contributed by atoms with Crippen molar-refractivity contribution in [2.45, 2.75) is 37.8 Å². The minimum atomic E-state index is -0.493. The summed E-state index contributed by atoms with van der Waals surface area (Å²) in [5.41, 5.74) is 0.229. The maximum atomic E-state index is 12.6. The molecule has 0 saturated carbocycles. The van der Waals surface area contributed by atoms with Crippen LogP contribution in [0, 0.1) is 12.8 Å². The lowest BCUT2D eigenvalue weighted by atomic mass is 9.93. The van der Waals surface area contributed by atoms with Crippen LogP contribution in [0.25, 0.3) is 0 Å². The van der Waals surface area contributed by atoms with Gasteiger partial charge in [0.15, 0.2) is 6.23 Å². The zero-order valence-electron chi connectivity index (χ0n) is 15.6. The molecule has 1 aromatic heterocycles. The van der Waals surface area contributed by atoms with Crippen LogP contribution in [-0.4, -0.2) is 32.1 Å². The number of rotatable bonds is 3. The summed E-state index contributed by atoms with van der Waals surface area (Å²) in [6, 6.07) is 8.79. The van der Waals surface area contributed by atoms with Gasteiger partial charge in [-0.05, 0) is 26.0 Å². The molecule has 6 nitrogen and oxygen atoms in total. The van der Waals surface area contributed by atoms with Crippen molar-refractivity contribution in [2.24, 2.45) is 5.92 Å². The van der Waals surface area contributed by atoms with Crippen molar-refractivity contribution in [1.82, 2.24) is 9.55 Å². The van der Waals surface area contributed by atoms with Gasteiger partial charge >= 0.3 is 5.69 Å². The Morgan fingerprint density at radius 2 is 2.23 bits per heavy atom. The largest absolute Gasteiger partial charge is 0.351 e. The first-order valence-electron chi connectivity index (χ1n) is 9.21. The summed E-state index contributed by atoms with van der Waals surface area (Å²) in [6.45, 7) is 4.06. The Balaban J connectivity index is 1.60. The van der Waals surface area contributed by atoms with E-state index in [1.165, 1.54) is 4.57 Å². The number of aryl methyl sites for hydroxylation is 1. The molecule has 4 atom stereocenters. The molecule has 0 spiro atoms. The third kappa shape index (κ3) is 2.75. The molecule has 0 unspecified atom stereocenters. The van der Waals surface area contributed by atoms with Crippen LogP contribution in [0.15, 0.2) is 41.3 Å². The number of benzene rings is 1. The second-order valence-electron chi connectivity index (χ2n) is 6.92. The van der Waals surface area contributed by atoms with Crippen LogP contribution in [0.2, 0.25) is 0 Å². The highest BCUT2D eigenvalue weighted by molar-refractivity contribution is 8.00. The predicted octanol–water partition coefficient (Wildman–Crippen LogP) is 2.84. The fraction of sp³-hybridized carbons (Fsp3) is 0.421. The van der Waals surface area contributed by atoms with Gasteiger partial charge in [-0.25, -0.2) is 4.79 Å². The lowest BCUT2D eigenvalue weighted by Gasteiger charge is -2.28. The van der Waals surface area contributed by atoms with Crippen LogP contribution >= 0.6 is 11.8 Å². The Kier molecular flexibility index (Phi) is 3.86. The molecule has 1 amide bonds. The zero-order chi connectivity index (χ0) is 19.2. The van der Waals surface area contributed by atoms with E-state index >= 15 is 0 Å². The second kappa shape index (κ2) is 6.25. The maximum Gasteiger partial charge on any atom is 0.351 e. The molecule has 4 rings (SSSR count). The standard InChI is InChI=1S/C19H21N3O3S/c1-11-9-22(17-14-12(2)19(3,25-17)10-26-14)18(24)21-15(11)20-16(23)13-7-5-4-6-8-13/h4-9,12,14,17H,10H2,1-3H3,(H,20,21,23,24)/t12-,14+,17+,19-/m0/s1/i3D. The van der Waals surface area contributed by atoms with Crippen molar-refractivity contribution < 1.29 is 10.9 Å². The van der Waals surface area contributed by atoms with Crippen LogP contribution in [0.4, 0.5) is 5.82 Å². The third-order valence-corrected chi connectivity index (χ3v) is 6.84. The number of carbonyl (C=O) groups excluding carboxylic acids is 1. The highest BCUT2D eigenvalue weighted by atomic mass is 32.2. The van der Waals surface area contributed by atoms with E-state index in [1.54, 1.807) is 49.1 Å². The molecule has 7 heteroatoms. The summed E-state index contributed by atoms with van der Waals surface area (Å²) in [5.74, 6) is 0.932. The second-order valence-corrected chi connectivity index (χ2v) is 8.09. The molecule has 2 fully saturated rings. The molecule has 2 aromatic rings. The van der Waals surface area contributed by atoms with Crippen LogP contribution in [-0.2, 0) is 4.74 Å². The van der Waals surface area contributed by atoms with Gasteiger partial charge in [0.2, 0.25) is 0 Å². The fourth-order valence-electron chi connectivity index (χ4n) is 3.45. The normalized spacial score (nSPS) is 30.2. The first-order valence-corrected chi connectivity index (χ1v) is 9.55. The van der Waals surface area contributed by atoms with Gasteiger partial charge in [-0.2, -0.15) is 16.7 Å². The van der Waals surface area contributed by atoms with Crippen LogP contribution in [0.1, 0.15) is 37.3 Å². The van der Waals surface area contributed by atoms with Gasteiger partial charge in [0.05, 0.1) is 10.9 Å². The van der Waals surface area contributed by atoms with Gasteiger partial charge in [0.1, 0.15) is 5.82 Å². The van der Waals surface area contributed by atoms with Crippen molar-refractivity contribution >= 4 is 23.5 Å². The van der Waals surface area contributed by atoms with E-state index < -0.39 is 17.5 Å². The van der Waals surface area contributed by atoms with Crippen LogP contribution < -0.4 is 11.0 Å². The van der Waals surface area contributed by atoms with Gasteiger partial charge in [-0.3, -0.25) is 9.36 Å². The molecule has 3 heterocycles. The number of fused-ring (bicyclic) bond motifs is 2. The average Bonchev–Trinajstić information content (AvgIpc) is 3.15. The molecular weight excluding hydrogens is 350 g/mol. The van der Waals surface area contributed by atoms with E-state index in [0.717, 1.165) is 5.75 Å². The molecule has 2 saturated heterocycles. The Morgan fingerprint density at radius 3 is 2.92 bits per heavy atom. The predicted molar refractivity (Wildman–Crippen MR) is 102 cm³/mol. The van der Waals surface area contributed by atoms with Crippen molar-refractivity contribution in [3.8, 4) is 0 Å². The molecule has 1 aromatic carbocycles. The fourth-order valence-corrected chi connectivity index (χ4v) is 5.14. The number of hydrogen-bond donors (Lipinski definition) is 1. The van der Waals surface area contributed by atoms with E-state index in [9.17, 15) is 9.59 Å². The molecule has 1 N–H and O–H groups in total. The van der Waals surface area contributed by atoms with E-state index in [-0.39, 0.29) is 29.8 Å². The monoisotopic (exact) mass is 372 g/mol. The number of carbonyl (C=O) groups is 1. The van der Waals surface area contributed by atoms with E-state index in [2.05, 4.69) is 17.2 Å². The average molecular weight is 372 g/mol. The minimum Gasteiger partial charge on any atom is -0.349 e. The van der Waals surface area contributed by atoms with Crippen molar-refractivity contribution in [3.05, 3.63) is 58.1 Å². The van der Waals surface area contributed by atoms with Crippen molar-refractivity contribution in [2.75, 3.05) is 11.1 Å². The number of amides is 1. The lowest BCUT2D eigenvalue weighted by molar-refractivity contribution is -0.0611. The summed E-state index contributed by atoms with van der Waals surface area (Å²) in [5, 5.41) is 2.83. The van der Waals surface area contributed by atoms with E-state index in [4.69, 9.17) is 6.11 Å². The zero-order valence-corrected chi connectivity index (χ0v) is 15.5. The first kappa shape index (κ1) is 16.1. The van der Waals surface area contributed by atoms with Gasteiger partial charge in [0.25, 0.3) is 5.91 Å². The maximum absolute atomic E-state index is 12.6. The number of nitrogens with zero attached hydrogens (tertiary/aromatic N) is 2. The van der Waals surface area contributed by atoms with Gasteiger partial charge in [0, 0.05) is 30.4 Å². The highest BCUT2D eigenvalue weighted by Crippen LogP contribution is 2.54. The Labute approximate surface area is 157 Å².